The van der Waals surface area contributed by atoms with E-state index in [0.717, 1.165) is 0 Å². The van der Waals surface area contributed by atoms with Gasteiger partial charge in [-0.2, -0.15) is 0 Å². The molecular weight excluding hydrogens is 186 g/mol. The Labute approximate surface area is 81.6 Å². The predicted molar refractivity (Wildman–Crippen MR) is 48.7 cm³/mol. The van der Waals surface area contributed by atoms with E-state index in [1.165, 1.54) is 11.8 Å². The first-order chi connectivity index (χ1) is 6.69. The van der Waals surface area contributed by atoms with E-state index in [-0.39, 0.29) is 12.5 Å². The number of hydrogen-bond donors (Lipinski definition) is 0. The van der Waals surface area contributed by atoms with E-state index < -0.39 is 0 Å². The highest BCUT2D eigenvalue weighted by Gasteiger charge is 2.14. The molecule has 1 rings (SSSR count). The smallest absolute Gasteiger partial charge is 0.325 e. The minimum atomic E-state index is -0.310. The zero-order chi connectivity index (χ0) is 10.6. The van der Waals surface area contributed by atoms with E-state index in [1.807, 2.05) is 6.92 Å². The van der Waals surface area contributed by atoms with Crippen molar-refractivity contribution in [3.63, 3.8) is 0 Å². The van der Waals surface area contributed by atoms with Crippen LogP contribution in [0.5, 0.6) is 0 Å². The third kappa shape index (κ3) is 2.18. The van der Waals surface area contributed by atoms with Gasteiger partial charge in [-0.1, -0.05) is 5.10 Å². The zero-order valence-electron chi connectivity index (χ0n) is 8.47. The van der Waals surface area contributed by atoms with Crippen LogP contribution in [0.2, 0.25) is 0 Å². The molecule has 7 nitrogen and oxygen atoms in total. The molecule has 0 bridgehead atoms. The number of rotatable bonds is 4. The fourth-order valence-corrected chi connectivity index (χ4v) is 1.04. The average Bonchev–Trinajstić information content (AvgIpc) is 2.60. The Kier molecular flexibility index (Phi) is 3.38. The van der Waals surface area contributed by atoms with Crippen LogP contribution in [0.4, 0.5) is 5.95 Å². The van der Waals surface area contributed by atoms with E-state index in [0.29, 0.717) is 12.5 Å². The van der Waals surface area contributed by atoms with Gasteiger partial charge in [0.05, 0.1) is 7.11 Å². The number of aromatic nitrogens is 4. The summed E-state index contributed by atoms with van der Waals surface area (Å²) in [6, 6.07) is 0. The van der Waals surface area contributed by atoms with Crippen molar-refractivity contribution >= 4 is 11.9 Å². The lowest BCUT2D eigenvalue weighted by Crippen LogP contribution is -2.32. The second-order valence-electron chi connectivity index (χ2n) is 2.69. The number of esters is 1. The molecule has 0 atom stereocenters. The number of hydrogen-bond acceptors (Lipinski definition) is 6. The SMILES string of the molecule is CCN(CC(=O)OC)c1nnnn1C. The number of aryl methyl sites for hydroxylation is 1. The zero-order valence-corrected chi connectivity index (χ0v) is 8.47. The number of ether oxygens (including phenoxy) is 1. The Morgan fingerprint density at radius 1 is 1.64 bits per heavy atom. The van der Waals surface area contributed by atoms with E-state index >= 15 is 0 Å². The van der Waals surface area contributed by atoms with Gasteiger partial charge in [0.2, 0.25) is 5.95 Å². The van der Waals surface area contributed by atoms with Gasteiger partial charge in [0.15, 0.2) is 0 Å². The van der Waals surface area contributed by atoms with Crippen LogP contribution >= 0.6 is 0 Å². The van der Waals surface area contributed by atoms with Crippen molar-refractivity contribution < 1.29 is 9.53 Å². The van der Waals surface area contributed by atoms with Crippen LogP contribution < -0.4 is 4.90 Å². The van der Waals surface area contributed by atoms with Crippen molar-refractivity contribution in [1.82, 2.24) is 20.2 Å². The number of methoxy groups -OCH3 is 1. The van der Waals surface area contributed by atoms with Gasteiger partial charge in [0.1, 0.15) is 6.54 Å². The molecule has 7 heteroatoms. The number of anilines is 1. The summed E-state index contributed by atoms with van der Waals surface area (Å²) in [4.78, 5) is 12.8. The van der Waals surface area contributed by atoms with Gasteiger partial charge in [-0.25, -0.2) is 4.68 Å². The van der Waals surface area contributed by atoms with E-state index in [9.17, 15) is 4.79 Å². The molecule has 0 radical (unpaired) electrons. The Morgan fingerprint density at radius 2 is 2.36 bits per heavy atom. The molecule has 1 aromatic heterocycles. The van der Waals surface area contributed by atoms with Crippen molar-refractivity contribution in [2.24, 2.45) is 7.05 Å². The molecule has 0 saturated heterocycles. The molecule has 1 aromatic rings. The third-order valence-electron chi connectivity index (χ3n) is 1.81. The summed E-state index contributed by atoms with van der Waals surface area (Å²) in [7, 11) is 3.07. The maximum absolute atomic E-state index is 11.0. The first-order valence-corrected chi connectivity index (χ1v) is 4.23. The fraction of sp³-hybridized carbons (Fsp3) is 0.714. The largest absolute Gasteiger partial charge is 0.468 e. The maximum Gasteiger partial charge on any atom is 0.325 e. The standard InChI is InChI=1S/C7H13N5O2/c1-4-12(5-6(13)14-3)7-8-9-10-11(7)2/h4-5H2,1-3H3. The Hall–Kier alpha value is -1.66. The number of nitrogens with zero attached hydrogens (tertiary/aromatic N) is 5. The molecule has 0 N–H and O–H groups in total. The molecule has 0 aliphatic carbocycles. The molecule has 0 spiro atoms. The fourth-order valence-electron chi connectivity index (χ4n) is 1.04. The number of likely N-dealkylation sites (N-methyl/N-ethyl adjacent to an activating group) is 1. The summed E-state index contributed by atoms with van der Waals surface area (Å²) < 4.78 is 6.07. The lowest BCUT2D eigenvalue weighted by Gasteiger charge is -2.18. The summed E-state index contributed by atoms with van der Waals surface area (Å²) in [5.74, 6) is 0.243. The van der Waals surface area contributed by atoms with Crippen molar-refractivity contribution in [3.05, 3.63) is 0 Å². The summed E-state index contributed by atoms with van der Waals surface area (Å²) in [6.07, 6.45) is 0. The van der Waals surface area contributed by atoms with Crippen molar-refractivity contribution in [2.45, 2.75) is 6.92 Å². The van der Waals surface area contributed by atoms with Gasteiger partial charge in [0, 0.05) is 13.6 Å². The molecule has 1 heterocycles. The van der Waals surface area contributed by atoms with Crippen molar-refractivity contribution in [3.8, 4) is 0 Å². The second kappa shape index (κ2) is 4.54. The molecule has 0 saturated carbocycles. The summed E-state index contributed by atoms with van der Waals surface area (Å²) in [6.45, 7) is 2.71. The van der Waals surface area contributed by atoms with Crippen LogP contribution in [-0.2, 0) is 16.6 Å². The molecular formula is C7H13N5O2. The maximum atomic E-state index is 11.0. The molecule has 0 aromatic carbocycles. The lowest BCUT2D eigenvalue weighted by molar-refractivity contribution is -0.138. The molecule has 0 aliphatic heterocycles. The van der Waals surface area contributed by atoms with Crippen LogP contribution in [0.25, 0.3) is 0 Å². The van der Waals surface area contributed by atoms with Gasteiger partial charge in [-0.3, -0.25) is 4.79 Å². The second-order valence-corrected chi connectivity index (χ2v) is 2.69. The third-order valence-corrected chi connectivity index (χ3v) is 1.81. The summed E-state index contributed by atoms with van der Waals surface area (Å²) in [5, 5.41) is 11.0. The first-order valence-electron chi connectivity index (χ1n) is 4.23. The van der Waals surface area contributed by atoms with Crippen LogP contribution in [0.1, 0.15) is 6.92 Å². The van der Waals surface area contributed by atoms with Crippen LogP contribution in [-0.4, -0.2) is 46.4 Å². The van der Waals surface area contributed by atoms with Crippen LogP contribution in [0.3, 0.4) is 0 Å². The molecule has 0 amide bonds. The minimum Gasteiger partial charge on any atom is -0.468 e. The monoisotopic (exact) mass is 199 g/mol. The van der Waals surface area contributed by atoms with Gasteiger partial charge in [-0.05, 0) is 17.4 Å². The number of carbonyl (C=O) groups excluding carboxylic acids is 1. The highest BCUT2D eigenvalue weighted by atomic mass is 16.5. The van der Waals surface area contributed by atoms with E-state index in [2.05, 4.69) is 20.3 Å². The molecule has 0 unspecified atom stereocenters. The van der Waals surface area contributed by atoms with Crippen LogP contribution in [0.15, 0.2) is 0 Å². The topological polar surface area (TPSA) is 73.1 Å². The van der Waals surface area contributed by atoms with Gasteiger partial charge >= 0.3 is 5.97 Å². The lowest BCUT2D eigenvalue weighted by atomic mass is 10.5. The Morgan fingerprint density at radius 3 is 2.79 bits per heavy atom. The van der Waals surface area contributed by atoms with Gasteiger partial charge in [-0.15, -0.1) is 0 Å². The molecule has 0 aliphatic rings. The Bertz CT molecular complexity index is 311. The average molecular weight is 199 g/mol. The quantitative estimate of drug-likeness (QED) is 0.592. The first kappa shape index (κ1) is 10.4. The molecule has 14 heavy (non-hydrogen) atoms. The van der Waals surface area contributed by atoms with E-state index in [4.69, 9.17) is 0 Å². The Balaban J connectivity index is 2.72. The summed E-state index contributed by atoms with van der Waals surface area (Å²) in [5.41, 5.74) is 0. The van der Waals surface area contributed by atoms with E-state index in [1.54, 1.807) is 11.9 Å². The van der Waals surface area contributed by atoms with Crippen molar-refractivity contribution in [1.29, 1.82) is 0 Å². The molecule has 78 valence electrons. The molecule has 0 fully saturated rings. The van der Waals surface area contributed by atoms with Crippen LogP contribution in [0, 0.1) is 0 Å². The van der Waals surface area contributed by atoms with Gasteiger partial charge in [0.25, 0.3) is 0 Å². The highest BCUT2D eigenvalue weighted by Crippen LogP contribution is 2.05. The number of tetrazole rings is 1. The highest BCUT2D eigenvalue weighted by molar-refractivity contribution is 5.74. The predicted octanol–water partition coefficient (Wildman–Crippen LogP) is -0.791. The minimum absolute atomic E-state index is 0.154. The normalized spacial score (nSPS) is 9.93. The van der Waals surface area contributed by atoms with Crippen molar-refractivity contribution in [2.75, 3.05) is 25.1 Å². The number of carbonyl (C=O) groups is 1. The van der Waals surface area contributed by atoms with Gasteiger partial charge < -0.3 is 9.64 Å². The summed E-state index contributed by atoms with van der Waals surface area (Å²) >= 11 is 0.